The molecule has 1 atom stereocenters. The third kappa shape index (κ3) is 3.36. The summed E-state index contributed by atoms with van der Waals surface area (Å²) >= 11 is 0. The van der Waals surface area contributed by atoms with Crippen LogP contribution in [0.1, 0.15) is 49.6 Å². The van der Waals surface area contributed by atoms with Crippen molar-refractivity contribution in [3.05, 3.63) is 65.2 Å². The average Bonchev–Trinajstić information content (AvgIpc) is 2.53. The molecule has 1 aliphatic rings. The molecule has 0 saturated carbocycles. The Hall–Kier alpha value is -2.07. The van der Waals surface area contributed by atoms with E-state index in [1.165, 1.54) is 5.57 Å². The molecule has 4 heteroatoms. The summed E-state index contributed by atoms with van der Waals surface area (Å²) in [6.45, 7) is 10.0. The summed E-state index contributed by atoms with van der Waals surface area (Å²) in [6, 6.07) is 13.0. The van der Waals surface area contributed by atoms with Gasteiger partial charge in [-0.1, -0.05) is 29.8 Å². The predicted octanol–water partition coefficient (Wildman–Crippen LogP) is 5.14. The van der Waals surface area contributed by atoms with Crippen LogP contribution in [0.2, 0.25) is 0 Å². The molecule has 2 aromatic carbocycles. The molecule has 0 radical (unpaired) electrons. The molecule has 1 aliphatic heterocycles. The molecule has 1 N–H and O–H groups in total. The number of fused-ring (bicyclic) bond motifs is 1. The van der Waals surface area contributed by atoms with E-state index in [9.17, 15) is 8.42 Å². The lowest BCUT2D eigenvalue weighted by atomic mass is 9.90. The van der Waals surface area contributed by atoms with Crippen molar-refractivity contribution in [3.8, 4) is 0 Å². The van der Waals surface area contributed by atoms with E-state index in [1.54, 1.807) is 19.1 Å². The molecule has 3 nitrogen and oxygen atoms in total. The summed E-state index contributed by atoms with van der Waals surface area (Å²) in [7, 11) is -3.42. The third-order valence-corrected chi connectivity index (χ3v) is 6.92. The van der Waals surface area contributed by atoms with Crippen molar-refractivity contribution in [2.75, 3.05) is 5.32 Å². The number of rotatable bonds is 3. The number of allylic oxidation sites excluding steroid dienone is 1. The Bertz CT molecular complexity index is 938. The van der Waals surface area contributed by atoms with Crippen molar-refractivity contribution in [2.24, 2.45) is 0 Å². The van der Waals surface area contributed by atoms with Crippen molar-refractivity contribution in [1.29, 1.82) is 0 Å². The van der Waals surface area contributed by atoms with Crippen LogP contribution >= 0.6 is 0 Å². The second kappa shape index (κ2) is 6.03. The highest BCUT2D eigenvalue weighted by atomic mass is 32.2. The zero-order valence-electron chi connectivity index (χ0n) is 15.4. The number of anilines is 1. The Balaban J connectivity index is 2.00. The van der Waals surface area contributed by atoms with Crippen LogP contribution in [0.4, 0.5) is 5.69 Å². The molecular formula is C21H25NO2S. The Labute approximate surface area is 150 Å². The van der Waals surface area contributed by atoms with Gasteiger partial charge >= 0.3 is 0 Å². The fraction of sp³-hybridized carbons (Fsp3) is 0.333. The van der Waals surface area contributed by atoms with Crippen LogP contribution in [0.5, 0.6) is 0 Å². The second-order valence-corrected chi connectivity index (χ2v) is 9.75. The molecule has 0 fully saturated rings. The summed E-state index contributed by atoms with van der Waals surface area (Å²) in [4.78, 5) is 0.370. The highest BCUT2D eigenvalue weighted by Gasteiger charge is 2.27. The molecule has 2 aromatic rings. The Kier molecular flexibility index (Phi) is 4.28. The van der Waals surface area contributed by atoms with Gasteiger partial charge in [-0.3, -0.25) is 0 Å². The van der Waals surface area contributed by atoms with Gasteiger partial charge in [0.1, 0.15) is 0 Å². The van der Waals surface area contributed by atoms with Gasteiger partial charge in [-0.25, -0.2) is 8.42 Å². The third-order valence-electron chi connectivity index (χ3n) is 4.79. The van der Waals surface area contributed by atoms with Gasteiger partial charge in [0.2, 0.25) is 0 Å². The Morgan fingerprint density at radius 2 is 1.64 bits per heavy atom. The van der Waals surface area contributed by atoms with Gasteiger partial charge in [-0.05, 0) is 70.0 Å². The summed E-state index contributed by atoms with van der Waals surface area (Å²) in [5.74, 6) is 0. The highest BCUT2D eigenvalue weighted by Crippen LogP contribution is 2.37. The van der Waals surface area contributed by atoms with Crippen LogP contribution in [-0.4, -0.2) is 14.0 Å². The summed E-state index contributed by atoms with van der Waals surface area (Å²) < 4.78 is 25.9. The molecule has 25 heavy (non-hydrogen) atoms. The van der Waals surface area contributed by atoms with Gasteiger partial charge in [0.05, 0.1) is 15.7 Å². The monoisotopic (exact) mass is 355 g/mol. The van der Waals surface area contributed by atoms with Gasteiger partial charge < -0.3 is 5.32 Å². The zero-order valence-corrected chi connectivity index (χ0v) is 16.2. The molecule has 0 amide bonds. The number of nitrogens with one attached hydrogen (secondary N) is 1. The zero-order chi connectivity index (χ0) is 18.4. The van der Waals surface area contributed by atoms with Crippen molar-refractivity contribution in [2.45, 2.75) is 50.3 Å². The maximum atomic E-state index is 13.0. The van der Waals surface area contributed by atoms with Gasteiger partial charge in [-0.15, -0.1) is 0 Å². The van der Waals surface area contributed by atoms with Crippen LogP contribution in [0.25, 0.3) is 5.57 Å². The van der Waals surface area contributed by atoms with E-state index < -0.39 is 15.1 Å². The fourth-order valence-electron chi connectivity index (χ4n) is 3.36. The maximum absolute atomic E-state index is 13.0. The molecule has 0 aliphatic carbocycles. The molecule has 0 bridgehead atoms. The van der Waals surface area contributed by atoms with E-state index in [-0.39, 0.29) is 5.54 Å². The van der Waals surface area contributed by atoms with Crippen LogP contribution in [0, 0.1) is 6.92 Å². The first kappa shape index (κ1) is 17.7. The molecule has 1 unspecified atom stereocenters. The lowest BCUT2D eigenvalue weighted by molar-refractivity contribution is 0.586. The van der Waals surface area contributed by atoms with Crippen molar-refractivity contribution < 1.29 is 8.42 Å². The quantitative estimate of drug-likeness (QED) is 0.829. The van der Waals surface area contributed by atoms with Crippen LogP contribution in [0.15, 0.2) is 53.4 Å². The molecule has 1 heterocycles. The molecule has 132 valence electrons. The van der Waals surface area contributed by atoms with Crippen molar-refractivity contribution in [1.82, 2.24) is 0 Å². The van der Waals surface area contributed by atoms with Gasteiger partial charge in [0, 0.05) is 11.3 Å². The van der Waals surface area contributed by atoms with Crippen LogP contribution in [-0.2, 0) is 9.84 Å². The topological polar surface area (TPSA) is 46.2 Å². The predicted molar refractivity (Wildman–Crippen MR) is 105 cm³/mol. The minimum atomic E-state index is -3.42. The summed E-state index contributed by atoms with van der Waals surface area (Å²) in [5.41, 5.74) is 5.05. The van der Waals surface area contributed by atoms with Gasteiger partial charge in [-0.2, -0.15) is 0 Å². The molecule has 0 aromatic heterocycles. The standard InChI is InChI=1S/C21H25NO2S/c1-14-6-9-18(10-7-14)25(23,24)16(3)17-8-11-20-19(12-17)15(2)13-21(4,5)22-20/h6-13,16,22H,1-5H3. The number of benzene rings is 2. The molecule has 0 saturated heterocycles. The minimum Gasteiger partial charge on any atom is -0.376 e. The van der Waals surface area contributed by atoms with Crippen LogP contribution < -0.4 is 5.32 Å². The van der Waals surface area contributed by atoms with E-state index in [4.69, 9.17) is 0 Å². The summed E-state index contributed by atoms with van der Waals surface area (Å²) in [6.07, 6.45) is 2.18. The van der Waals surface area contributed by atoms with Crippen molar-refractivity contribution >= 4 is 21.1 Å². The smallest absolute Gasteiger partial charge is 0.185 e. The molecule has 3 rings (SSSR count). The minimum absolute atomic E-state index is 0.0990. The SMILES string of the molecule is CC1=CC(C)(C)Nc2ccc(C(C)S(=O)(=O)c3ccc(C)cc3)cc21. The maximum Gasteiger partial charge on any atom is 0.185 e. The first-order valence-corrected chi connectivity index (χ1v) is 10.1. The number of hydrogen-bond donors (Lipinski definition) is 1. The van der Waals surface area contributed by atoms with Crippen LogP contribution in [0.3, 0.4) is 0 Å². The van der Waals surface area contributed by atoms with Crippen molar-refractivity contribution in [3.63, 3.8) is 0 Å². The Morgan fingerprint density at radius 1 is 1.00 bits per heavy atom. The highest BCUT2D eigenvalue weighted by molar-refractivity contribution is 7.91. The lowest BCUT2D eigenvalue weighted by Crippen LogP contribution is -2.31. The van der Waals surface area contributed by atoms with E-state index in [1.807, 2.05) is 37.3 Å². The lowest BCUT2D eigenvalue weighted by Gasteiger charge is -2.32. The largest absolute Gasteiger partial charge is 0.376 e. The number of aryl methyl sites for hydroxylation is 1. The van der Waals surface area contributed by atoms with E-state index in [0.717, 1.165) is 22.4 Å². The average molecular weight is 356 g/mol. The first-order chi connectivity index (χ1) is 11.6. The van der Waals surface area contributed by atoms with E-state index >= 15 is 0 Å². The molecule has 0 spiro atoms. The normalized spacial score (nSPS) is 17.2. The second-order valence-electron chi connectivity index (χ2n) is 7.48. The fourth-order valence-corrected chi connectivity index (χ4v) is 4.79. The van der Waals surface area contributed by atoms with E-state index in [2.05, 4.69) is 32.2 Å². The molecular weight excluding hydrogens is 330 g/mol. The Morgan fingerprint density at radius 3 is 2.28 bits per heavy atom. The van der Waals surface area contributed by atoms with E-state index in [0.29, 0.717) is 4.90 Å². The summed E-state index contributed by atoms with van der Waals surface area (Å²) in [5, 5.41) is 2.89. The number of hydrogen-bond acceptors (Lipinski definition) is 3. The van der Waals surface area contributed by atoms with Gasteiger partial charge in [0.25, 0.3) is 0 Å². The first-order valence-electron chi connectivity index (χ1n) is 8.53. The number of sulfone groups is 1. The van der Waals surface area contributed by atoms with Gasteiger partial charge in [0.15, 0.2) is 9.84 Å².